The molecule has 0 atom stereocenters. The maximum absolute atomic E-state index is 12.0. The van der Waals surface area contributed by atoms with Crippen LogP contribution in [0, 0.1) is 5.21 Å². The van der Waals surface area contributed by atoms with E-state index >= 15 is 0 Å². The summed E-state index contributed by atoms with van der Waals surface area (Å²) in [5.74, 6) is -0.00990. The number of nitrogens with zero attached hydrogens (tertiary/aromatic N) is 2. The average Bonchev–Trinajstić information content (AvgIpc) is 3.02. The van der Waals surface area contributed by atoms with E-state index in [9.17, 15) is 10.0 Å². The minimum absolute atomic E-state index is 0.167. The van der Waals surface area contributed by atoms with Crippen LogP contribution in [0.15, 0.2) is 66.0 Å². The van der Waals surface area contributed by atoms with Crippen molar-refractivity contribution >= 4 is 34.1 Å². The molecule has 0 saturated carbocycles. The molecule has 0 fully saturated rings. The van der Waals surface area contributed by atoms with E-state index in [0.29, 0.717) is 10.2 Å². The van der Waals surface area contributed by atoms with Crippen molar-refractivity contribution in [1.82, 2.24) is 4.98 Å². The average molecular weight is 357 g/mol. The SMILES string of the molecule is O=C(CSc1cccc[n+]1[O-])Nc1ncc(Cc2ccccc2)s1. The number of hydrogen-bond acceptors (Lipinski definition) is 5. The van der Waals surface area contributed by atoms with Crippen molar-refractivity contribution in [2.45, 2.75) is 11.4 Å². The third-order valence-electron chi connectivity index (χ3n) is 3.16. The Morgan fingerprint density at radius 1 is 1.21 bits per heavy atom. The molecule has 1 amide bonds. The fraction of sp³-hybridized carbons (Fsp3) is 0.118. The van der Waals surface area contributed by atoms with Gasteiger partial charge in [-0.3, -0.25) is 4.79 Å². The Balaban J connectivity index is 1.53. The summed E-state index contributed by atoms with van der Waals surface area (Å²) in [7, 11) is 0. The van der Waals surface area contributed by atoms with Crippen molar-refractivity contribution in [3.63, 3.8) is 0 Å². The smallest absolute Gasteiger partial charge is 0.251 e. The number of hydrogen-bond donors (Lipinski definition) is 1. The van der Waals surface area contributed by atoms with Gasteiger partial charge in [0.1, 0.15) is 0 Å². The highest BCUT2D eigenvalue weighted by Gasteiger charge is 2.11. The fourth-order valence-electron chi connectivity index (χ4n) is 2.06. The second-order valence-corrected chi connectivity index (χ2v) is 7.11. The second-order valence-electron chi connectivity index (χ2n) is 5.00. The molecule has 7 heteroatoms. The number of benzene rings is 1. The summed E-state index contributed by atoms with van der Waals surface area (Å²) in [5, 5.41) is 15.4. The lowest BCUT2D eigenvalue weighted by molar-refractivity contribution is -0.645. The molecule has 122 valence electrons. The van der Waals surface area contributed by atoms with E-state index in [2.05, 4.69) is 22.4 Å². The Morgan fingerprint density at radius 2 is 2.00 bits per heavy atom. The fourth-order valence-corrected chi connectivity index (χ4v) is 3.64. The molecule has 5 nitrogen and oxygen atoms in total. The molecule has 0 radical (unpaired) electrons. The van der Waals surface area contributed by atoms with Crippen molar-refractivity contribution < 1.29 is 9.52 Å². The predicted octanol–water partition coefficient (Wildman–Crippen LogP) is 3.10. The first-order valence-corrected chi connectivity index (χ1v) is 9.10. The first kappa shape index (κ1) is 16.5. The topological polar surface area (TPSA) is 68.9 Å². The van der Waals surface area contributed by atoms with Gasteiger partial charge < -0.3 is 10.5 Å². The maximum Gasteiger partial charge on any atom is 0.251 e. The van der Waals surface area contributed by atoms with Crippen LogP contribution in [-0.4, -0.2) is 16.6 Å². The number of thiazole rings is 1. The van der Waals surface area contributed by atoms with E-state index in [1.165, 1.54) is 34.9 Å². The summed E-state index contributed by atoms with van der Waals surface area (Å²) in [6.45, 7) is 0. The summed E-state index contributed by atoms with van der Waals surface area (Å²) in [4.78, 5) is 17.3. The van der Waals surface area contributed by atoms with Gasteiger partial charge in [0.05, 0.1) is 5.75 Å². The van der Waals surface area contributed by atoms with Crippen LogP contribution in [0.3, 0.4) is 0 Å². The van der Waals surface area contributed by atoms with Crippen molar-refractivity contribution in [2.24, 2.45) is 0 Å². The number of carbonyl (C=O) groups excluding carboxylic acids is 1. The minimum Gasteiger partial charge on any atom is -0.618 e. The van der Waals surface area contributed by atoms with Gasteiger partial charge in [0.25, 0.3) is 5.03 Å². The molecule has 3 aromatic rings. The zero-order valence-electron chi connectivity index (χ0n) is 12.7. The molecular formula is C17H15N3O2S2. The monoisotopic (exact) mass is 357 g/mol. The van der Waals surface area contributed by atoms with Gasteiger partial charge in [-0.15, -0.1) is 11.3 Å². The molecule has 0 spiro atoms. The van der Waals surface area contributed by atoms with Crippen LogP contribution in [0.4, 0.5) is 5.13 Å². The lowest BCUT2D eigenvalue weighted by atomic mass is 10.1. The summed E-state index contributed by atoms with van der Waals surface area (Å²) in [5.41, 5.74) is 1.21. The number of anilines is 1. The van der Waals surface area contributed by atoms with E-state index in [4.69, 9.17) is 0 Å². The molecule has 1 N–H and O–H groups in total. The van der Waals surface area contributed by atoms with Gasteiger partial charge in [0.2, 0.25) is 5.91 Å². The molecule has 24 heavy (non-hydrogen) atoms. The maximum atomic E-state index is 12.0. The molecule has 0 aliphatic rings. The quantitative estimate of drug-likeness (QED) is 0.418. The molecule has 2 heterocycles. The Hall–Kier alpha value is -2.38. The van der Waals surface area contributed by atoms with E-state index < -0.39 is 0 Å². The molecule has 0 unspecified atom stereocenters. The highest BCUT2D eigenvalue weighted by atomic mass is 32.2. The van der Waals surface area contributed by atoms with Crippen molar-refractivity contribution in [3.05, 3.63) is 76.6 Å². The summed E-state index contributed by atoms with van der Waals surface area (Å²) in [6.07, 6.45) is 3.99. The van der Waals surface area contributed by atoms with Gasteiger partial charge in [0.15, 0.2) is 11.3 Å². The molecule has 0 saturated heterocycles. The predicted molar refractivity (Wildman–Crippen MR) is 96.1 cm³/mol. The van der Waals surface area contributed by atoms with E-state index in [-0.39, 0.29) is 11.7 Å². The van der Waals surface area contributed by atoms with Gasteiger partial charge in [-0.25, -0.2) is 4.98 Å². The number of rotatable bonds is 6. The molecule has 2 aromatic heterocycles. The molecule has 0 aliphatic heterocycles. The van der Waals surface area contributed by atoms with Gasteiger partial charge >= 0.3 is 0 Å². The van der Waals surface area contributed by atoms with Crippen molar-refractivity contribution in [2.75, 3.05) is 11.1 Å². The van der Waals surface area contributed by atoms with E-state index in [1.54, 1.807) is 24.4 Å². The van der Waals surface area contributed by atoms with Crippen LogP contribution in [-0.2, 0) is 11.2 Å². The highest BCUT2D eigenvalue weighted by molar-refractivity contribution is 7.99. The number of pyridine rings is 1. The summed E-state index contributed by atoms with van der Waals surface area (Å²) < 4.78 is 0.749. The zero-order chi connectivity index (χ0) is 16.8. The van der Waals surface area contributed by atoms with Crippen LogP contribution < -0.4 is 10.0 Å². The van der Waals surface area contributed by atoms with Crippen LogP contribution >= 0.6 is 23.1 Å². The number of aromatic nitrogens is 2. The molecule has 1 aromatic carbocycles. The van der Waals surface area contributed by atoms with Gasteiger partial charge in [-0.1, -0.05) is 30.3 Å². The summed E-state index contributed by atoms with van der Waals surface area (Å²) >= 11 is 2.66. The van der Waals surface area contributed by atoms with Crippen LogP contribution in [0.2, 0.25) is 0 Å². The number of nitrogens with one attached hydrogen (secondary N) is 1. The summed E-state index contributed by atoms with van der Waals surface area (Å²) in [6, 6.07) is 15.2. The Labute approximate surface area is 148 Å². The number of amides is 1. The zero-order valence-corrected chi connectivity index (χ0v) is 14.3. The molecular weight excluding hydrogens is 342 g/mol. The minimum atomic E-state index is -0.176. The Bertz CT molecular complexity index is 821. The first-order valence-electron chi connectivity index (χ1n) is 7.30. The lowest BCUT2D eigenvalue weighted by Crippen LogP contribution is -2.28. The third-order valence-corrected chi connectivity index (χ3v) is 5.09. The molecule has 0 aliphatic carbocycles. The van der Waals surface area contributed by atoms with Crippen molar-refractivity contribution in [1.29, 1.82) is 0 Å². The third kappa shape index (κ3) is 4.56. The Kier molecular flexibility index (Phi) is 5.45. The Morgan fingerprint density at radius 3 is 2.79 bits per heavy atom. The van der Waals surface area contributed by atoms with Crippen LogP contribution in [0.5, 0.6) is 0 Å². The van der Waals surface area contributed by atoms with Gasteiger partial charge in [-0.05, 0) is 23.4 Å². The van der Waals surface area contributed by atoms with E-state index in [1.807, 2.05) is 18.2 Å². The highest BCUT2D eigenvalue weighted by Crippen LogP contribution is 2.21. The van der Waals surface area contributed by atoms with Crippen LogP contribution in [0.25, 0.3) is 0 Å². The van der Waals surface area contributed by atoms with Gasteiger partial charge in [0, 0.05) is 29.6 Å². The number of carbonyl (C=O) groups is 1. The standard InChI is InChI=1S/C17H15N3O2S2/c21-15(12-23-16-8-4-5-9-20(16)22)19-17-18-11-14(24-17)10-13-6-2-1-3-7-13/h1-9,11H,10,12H2,(H,18,19,21). The molecule has 3 rings (SSSR count). The lowest BCUT2D eigenvalue weighted by Gasteiger charge is -2.03. The number of thioether (sulfide) groups is 1. The van der Waals surface area contributed by atoms with Crippen LogP contribution in [0.1, 0.15) is 10.4 Å². The van der Waals surface area contributed by atoms with Gasteiger partial charge in [-0.2, -0.15) is 4.73 Å². The first-order chi connectivity index (χ1) is 11.7. The largest absolute Gasteiger partial charge is 0.618 e. The van der Waals surface area contributed by atoms with E-state index in [0.717, 1.165) is 16.0 Å². The second kappa shape index (κ2) is 7.94. The molecule has 0 bridgehead atoms. The van der Waals surface area contributed by atoms with Crippen molar-refractivity contribution in [3.8, 4) is 0 Å². The normalized spacial score (nSPS) is 10.5.